The first-order valence-electron chi connectivity index (χ1n) is 7.23. The molecule has 0 amide bonds. The highest BCUT2D eigenvalue weighted by Gasteiger charge is 2.20. The topological polar surface area (TPSA) is 37.3 Å². The second-order valence-electron chi connectivity index (χ2n) is 5.15. The molecule has 20 heavy (non-hydrogen) atoms. The average molecular weight is 284 g/mol. The number of carboxylic acid groups (broad SMARTS) is 1. The standard InChI is InChI=1S/C16H22F2O2/c1-2-3-4-5-6-7-8-15(16(19)20)12-9-13(17)11-14(18)10-12/h9-11,15H,2-8H2,1H3,(H,19,20). The molecule has 1 atom stereocenters. The van der Waals surface area contributed by atoms with E-state index in [0.29, 0.717) is 6.42 Å². The summed E-state index contributed by atoms with van der Waals surface area (Å²) in [6.45, 7) is 2.14. The molecule has 0 aliphatic carbocycles. The predicted octanol–water partition coefficient (Wildman–Crippen LogP) is 4.88. The quantitative estimate of drug-likeness (QED) is 0.656. The summed E-state index contributed by atoms with van der Waals surface area (Å²) in [7, 11) is 0. The first kappa shape index (κ1) is 16.6. The van der Waals surface area contributed by atoms with Crippen LogP contribution < -0.4 is 0 Å². The molecule has 2 nitrogen and oxygen atoms in total. The van der Waals surface area contributed by atoms with Gasteiger partial charge in [-0.3, -0.25) is 4.79 Å². The van der Waals surface area contributed by atoms with Crippen LogP contribution in [0.5, 0.6) is 0 Å². The fourth-order valence-electron chi connectivity index (χ4n) is 2.34. The van der Waals surface area contributed by atoms with Crippen molar-refractivity contribution in [3.05, 3.63) is 35.4 Å². The number of halogens is 2. The van der Waals surface area contributed by atoms with Crippen molar-refractivity contribution >= 4 is 5.97 Å². The Labute approximate surface area is 118 Å². The second kappa shape index (κ2) is 8.67. The lowest BCUT2D eigenvalue weighted by Crippen LogP contribution is -2.12. The Hall–Kier alpha value is -1.45. The van der Waals surface area contributed by atoms with Crippen LogP contribution in [0.3, 0.4) is 0 Å². The van der Waals surface area contributed by atoms with Crippen LogP contribution in [0.15, 0.2) is 18.2 Å². The largest absolute Gasteiger partial charge is 0.481 e. The van der Waals surface area contributed by atoms with Gasteiger partial charge in [0.15, 0.2) is 0 Å². The number of rotatable bonds is 9. The third kappa shape index (κ3) is 5.68. The van der Waals surface area contributed by atoms with Crippen LogP contribution >= 0.6 is 0 Å². The Morgan fingerprint density at radius 1 is 1.05 bits per heavy atom. The number of hydrogen-bond acceptors (Lipinski definition) is 1. The molecule has 112 valence electrons. The normalized spacial score (nSPS) is 12.3. The van der Waals surface area contributed by atoms with Crippen molar-refractivity contribution in [2.24, 2.45) is 0 Å². The van der Waals surface area contributed by atoms with E-state index >= 15 is 0 Å². The fraction of sp³-hybridized carbons (Fsp3) is 0.562. The molecule has 0 spiro atoms. The van der Waals surface area contributed by atoms with Gasteiger partial charge < -0.3 is 5.11 Å². The van der Waals surface area contributed by atoms with E-state index in [9.17, 15) is 18.7 Å². The summed E-state index contributed by atoms with van der Waals surface area (Å²) in [6, 6.07) is 2.98. The van der Waals surface area contributed by atoms with Crippen LogP contribution in [0.4, 0.5) is 8.78 Å². The van der Waals surface area contributed by atoms with Gasteiger partial charge in [-0.25, -0.2) is 8.78 Å². The molecule has 0 saturated carbocycles. The van der Waals surface area contributed by atoms with Gasteiger partial charge >= 0.3 is 5.97 Å². The van der Waals surface area contributed by atoms with E-state index in [1.165, 1.54) is 12.8 Å². The molecule has 1 N–H and O–H groups in total. The summed E-state index contributed by atoms with van der Waals surface area (Å²) >= 11 is 0. The molecule has 0 aliphatic heterocycles. The van der Waals surface area contributed by atoms with Crippen LogP contribution in [-0.4, -0.2) is 11.1 Å². The Bertz CT molecular complexity index is 412. The summed E-state index contributed by atoms with van der Waals surface area (Å²) in [6.07, 6.45) is 6.74. The van der Waals surface area contributed by atoms with E-state index < -0.39 is 23.5 Å². The fourth-order valence-corrected chi connectivity index (χ4v) is 2.34. The Kier molecular flexibility index (Phi) is 7.20. The van der Waals surface area contributed by atoms with Crippen LogP contribution in [0.2, 0.25) is 0 Å². The highest BCUT2D eigenvalue weighted by atomic mass is 19.1. The predicted molar refractivity (Wildman–Crippen MR) is 74.7 cm³/mol. The average Bonchev–Trinajstić information content (AvgIpc) is 2.36. The van der Waals surface area contributed by atoms with Crippen molar-refractivity contribution < 1.29 is 18.7 Å². The molecule has 0 radical (unpaired) electrons. The maximum absolute atomic E-state index is 13.1. The van der Waals surface area contributed by atoms with Crippen molar-refractivity contribution in [2.75, 3.05) is 0 Å². The molecule has 1 rings (SSSR count). The zero-order valence-electron chi connectivity index (χ0n) is 11.9. The molecule has 0 saturated heterocycles. The summed E-state index contributed by atoms with van der Waals surface area (Å²) in [5.41, 5.74) is 0.212. The number of carbonyl (C=O) groups is 1. The minimum absolute atomic E-state index is 0.212. The lowest BCUT2D eigenvalue weighted by Gasteiger charge is -2.13. The third-order valence-corrected chi connectivity index (χ3v) is 3.43. The lowest BCUT2D eigenvalue weighted by atomic mass is 9.93. The number of hydrogen-bond donors (Lipinski definition) is 1. The van der Waals surface area contributed by atoms with Gasteiger partial charge in [-0.1, -0.05) is 45.4 Å². The smallest absolute Gasteiger partial charge is 0.310 e. The number of unbranched alkanes of at least 4 members (excludes halogenated alkanes) is 5. The third-order valence-electron chi connectivity index (χ3n) is 3.43. The summed E-state index contributed by atoms with van der Waals surface area (Å²) in [4.78, 5) is 11.2. The highest BCUT2D eigenvalue weighted by Crippen LogP contribution is 2.25. The van der Waals surface area contributed by atoms with Gasteiger partial charge in [0.25, 0.3) is 0 Å². The molecular weight excluding hydrogens is 262 g/mol. The van der Waals surface area contributed by atoms with E-state index in [0.717, 1.165) is 43.9 Å². The number of aliphatic carboxylic acids is 1. The SMILES string of the molecule is CCCCCCCCC(C(=O)O)c1cc(F)cc(F)c1. The van der Waals surface area contributed by atoms with Crippen LogP contribution in [-0.2, 0) is 4.79 Å². The van der Waals surface area contributed by atoms with Crippen molar-refractivity contribution in [1.29, 1.82) is 0 Å². The van der Waals surface area contributed by atoms with Crippen molar-refractivity contribution in [3.63, 3.8) is 0 Å². The summed E-state index contributed by atoms with van der Waals surface area (Å²) in [5.74, 6) is -3.31. The van der Waals surface area contributed by atoms with Crippen molar-refractivity contribution in [3.8, 4) is 0 Å². The van der Waals surface area contributed by atoms with Crippen molar-refractivity contribution in [1.82, 2.24) is 0 Å². The molecule has 4 heteroatoms. The zero-order valence-corrected chi connectivity index (χ0v) is 11.9. The highest BCUT2D eigenvalue weighted by molar-refractivity contribution is 5.76. The Balaban J connectivity index is 2.54. The minimum Gasteiger partial charge on any atom is -0.481 e. The Morgan fingerprint density at radius 3 is 2.15 bits per heavy atom. The maximum atomic E-state index is 13.1. The van der Waals surface area contributed by atoms with Gasteiger partial charge in [-0.15, -0.1) is 0 Å². The first-order chi connectivity index (χ1) is 9.54. The van der Waals surface area contributed by atoms with Gasteiger partial charge in [0.2, 0.25) is 0 Å². The molecule has 1 unspecified atom stereocenters. The van der Waals surface area contributed by atoms with Crippen LogP contribution in [0, 0.1) is 11.6 Å². The van der Waals surface area contributed by atoms with Gasteiger partial charge in [0.1, 0.15) is 11.6 Å². The lowest BCUT2D eigenvalue weighted by molar-refractivity contribution is -0.139. The minimum atomic E-state index is -1.02. The molecule has 0 bridgehead atoms. The van der Waals surface area contributed by atoms with Gasteiger partial charge in [0, 0.05) is 6.07 Å². The van der Waals surface area contributed by atoms with Gasteiger partial charge in [-0.05, 0) is 24.1 Å². The van der Waals surface area contributed by atoms with Crippen LogP contribution in [0.25, 0.3) is 0 Å². The zero-order chi connectivity index (χ0) is 15.0. The molecule has 1 aromatic carbocycles. The molecular formula is C16H22F2O2. The summed E-state index contributed by atoms with van der Waals surface area (Å²) in [5, 5.41) is 9.20. The van der Waals surface area contributed by atoms with E-state index in [2.05, 4.69) is 6.92 Å². The van der Waals surface area contributed by atoms with Gasteiger partial charge in [-0.2, -0.15) is 0 Å². The molecule has 0 aliphatic rings. The molecule has 0 aromatic heterocycles. The maximum Gasteiger partial charge on any atom is 0.310 e. The Morgan fingerprint density at radius 2 is 1.60 bits per heavy atom. The molecule has 0 heterocycles. The molecule has 1 aromatic rings. The van der Waals surface area contributed by atoms with E-state index in [4.69, 9.17) is 0 Å². The van der Waals surface area contributed by atoms with Crippen LogP contribution in [0.1, 0.15) is 63.4 Å². The van der Waals surface area contributed by atoms with E-state index in [-0.39, 0.29) is 5.56 Å². The monoisotopic (exact) mass is 284 g/mol. The van der Waals surface area contributed by atoms with E-state index in [1.54, 1.807) is 0 Å². The summed E-state index contributed by atoms with van der Waals surface area (Å²) < 4.78 is 26.3. The number of carboxylic acids is 1. The van der Waals surface area contributed by atoms with E-state index in [1.807, 2.05) is 0 Å². The number of benzene rings is 1. The first-order valence-corrected chi connectivity index (χ1v) is 7.23. The van der Waals surface area contributed by atoms with Crippen molar-refractivity contribution in [2.45, 2.75) is 57.8 Å². The van der Waals surface area contributed by atoms with Gasteiger partial charge in [0.05, 0.1) is 5.92 Å². The second-order valence-corrected chi connectivity index (χ2v) is 5.15. The molecule has 0 fully saturated rings.